The van der Waals surface area contributed by atoms with Crippen LogP contribution in [0.5, 0.6) is 5.75 Å². The minimum Gasteiger partial charge on any atom is -0.406 e. The third-order valence-corrected chi connectivity index (χ3v) is 1.63. The third kappa shape index (κ3) is 1.78. The highest BCUT2D eigenvalue weighted by Gasteiger charge is 2.31. The zero-order valence-electron chi connectivity index (χ0n) is 6.80. The second-order valence-corrected chi connectivity index (χ2v) is 2.63. The van der Waals surface area contributed by atoms with Gasteiger partial charge in [0.05, 0.1) is 17.4 Å². The summed E-state index contributed by atoms with van der Waals surface area (Å²) in [7, 11) is 0. The molecule has 6 heteroatoms. The maximum atomic E-state index is 11.8. The summed E-state index contributed by atoms with van der Waals surface area (Å²) in [4.78, 5) is 6.55. The predicted octanol–water partition coefficient (Wildman–Crippen LogP) is 2.46. The summed E-state index contributed by atoms with van der Waals surface area (Å²) in [5.74, 6) is -0.255. The SMILES string of the molecule is FC(F)(F)Oc1ccc2nc[nH]c2c1. The molecule has 0 atom stereocenters. The van der Waals surface area contributed by atoms with Gasteiger partial charge in [0.25, 0.3) is 0 Å². The number of rotatable bonds is 1. The van der Waals surface area contributed by atoms with Gasteiger partial charge >= 0.3 is 6.36 Å². The molecule has 74 valence electrons. The molecule has 1 N–H and O–H groups in total. The van der Waals surface area contributed by atoms with Gasteiger partial charge in [0.1, 0.15) is 5.75 Å². The minimum absolute atomic E-state index is 0.255. The fraction of sp³-hybridized carbons (Fsp3) is 0.125. The number of hydrogen-bond acceptors (Lipinski definition) is 2. The van der Waals surface area contributed by atoms with Gasteiger partial charge in [0.15, 0.2) is 0 Å². The first-order valence-electron chi connectivity index (χ1n) is 3.73. The van der Waals surface area contributed by atoms with Gasteiger partial charge in [-0.3, -0.25) is 0 Å². The van der Waals surface area contributed by atoms with Gasteiger partial charge in [-0.15, -0.1) is 13.2 Å². The zero-order chi connectivity index (χ0) is 10.2. The van der Waals surface area contributed by atoms with Gasteiger partial charge < -0.3 is 9.72 Å². The summed E-state index contributed by atoms with van der Waals surface area (Å²) in [6.45, 7) is 0. The number of imidazole rings is 1. The number of aromatic amines is 1. The Bertz CT molecular complexity index is 449. The number of fused-ring (bicyclic) bond motifs is 1. The average Bonchev–Trinajstić information content (AvgIpc) is 2.47. The molecule has 14 heavy (non-hydrogen) atoms. The fourth-order valence-electron chi connectivity index (χ4n) is 1.11. The molecule has 0 aliphatic carbocycles. The number of ether oxygens (including phenoxy) is 1. The van der Waals surface area contributed by atoms with Crippen LogP contribution in [0.15, 0.2) is 24.5 Å². The van der Waals surface area contributed by atoms with Gasteiger partial charge in [0, 0.05) is 6.07 Å². The van der Waals surface area contributed by atoms with E-state index in [-0.39, 0.29) is 5.75 Å². The molecular formula is C8H5F3N2O. The van der Waals surface area contributed by atoms with E-state index in [0.29, 0.717) is 11.0 Å². The summed E-state index contributed by atoms with van der Waals surface area (Å²) in [6.07, 6.45) is -3.25. The largest absolute Gasteiger partial charge is 0.573 e. The van der Waals surface area contributed by atoms with Crippen molar-refractivity contribution in [3.05, 3.63) is 24.5 Å². The van der Waals surface area contributed by atoms with Crippen LogP contribution in [0.25, 0.3) is 11.0 Å². The summed E-state index contributed by atoms with van der Waals surface area (Å²) in [5.41, 5.74) is 1.10. The van der Waals surface area contributed by atoms with Gasteiger partial charge in [-0.1, -0.05) is 0 Å². The van der Waals surface area contributed by atoms with E-state index in [2.05, 4.69) is 14.7 Å². The topological polar surface area (TPSA) is 37.9 Å². The predicted molar refractivity (Wildman–Crippen MR) is 42.8 cm³/mol. The van der Waals surface area contributed by atoms with Crippen LogP contribution in [-0.4, -0.2) is 16.3 Å². The van der Waals surface area contributed by atoms with Crippen molar-refractivity contribution in [2.75, 3.05) is 0 Å². The van der Waals surface area contributed by atoms with E-state index in [1.807, 2.05) is 0 Å². The van der Waals surface area contributed by atoms with Crippen molar-refractivity contribution in [3.8, 4) is 5.75 Å². The van der Waals surface area contributed by atoms with Crippen LogP contribution in [0.1, 0.15) is 0 Å². The van der Waals surface area contributed by atoms with Gasteiger partial charge in [-0.2, -0.15) is 0 Å². The Morgan fingerprint density at radius 2 is 2.07 bits per heavy atom. The molecule has 0 amide bonds. The average molecular weight is 202 g/mol. The molecule has 0 aliphatic heterocycles. The number of alkyl halides is 3. The number of aromatic nitrogens is 2. The number of nitrogens with zero attached hydrogens (tertiary/aromatic N) is 1. The molecular weight excluding hydrogens is 197 g/mol. The van der Waals surface area contributed by atoms with E-state index >= 15 is 0 Å². The standard InChI is InChI=1S/C8H5F3N2O/c9-8(10,11)14-5-1-2-6-7(3-5)13-4-12-6/h1-4H,(H,12,13). The number of nitrogens with one attached hydrogen (secondary N) is 1. The minimum atomic E-state index is -4.66. The molecule has 1 aromatic carbocycles. The molecule has 1 aromatic heterocycles. The van der Waals surface area contributed by atoms with Crippen LogP contribution in [0.3, 0.4) is 0 Å². The van der Waals surface area contributed by atoms with Crippen molar-refractivity contribution in [1.82, 2.24) is 9.97 Å². The normalized spacial score (nSPS) is 11.9. The highest BCUT2D eigenvalue weighted by Crippen LogP contribution is 2.24. The summed E-state index contributed by atoms with van der Waals surface area (Å²) >= 11 is 0. The molecule has 0 spiro atoms. The lowest BCUT2D eigenvalue weighted by atomic mass is 10.3. The molecule has 2 aromatic rings. The molecule has 1 heterocycles. The molecule has 0 bridgehead atoms. The van der Waals surface area contributed by atoms with Crippen LogP contribution < -0.4 is 4.74 Å². The molecule has 0 unspecified atom stereocenters. The van der Waals surface area contributed by atoms with Crippen molar-refractivity contribution in [1.29, 1.82) is 0 Å². The Kier molecular flexibility index (Phi) is 1.83. The van der Waals surface area contributed by atoms with Gasteiger partial charge in [0.2, 0.25) is 0 Å². The van der Waals surface area contributed by atoms with Crippen molar-refractivity contribution < 1.29 is 17.9 Å². The first-order valence-corrected chi connectivity index (χ1v) is 3.73. The van der Waals surface area contributed by atoms with Crippen LogP contribution in [0, 0.1) is 0 Å². The van der Waals surface area contributed by atoms with Crippen molar-refractivity contribution >= 4 is 11.0 Å². The van der Waals surface area contributed by atoms with E-state index in [1.165, 1.54) is 24.5 Å². The number of benzene rings is 1. The summed E-state index contributed by atoms with van der Waals surface area (Å²) in [6, 6.07) is 3.92. The van der Waals surface area contributed by atoms with Crippen LogP contribution >= 0.6 is 0 Å². The van der Waals surface area contributed by atoms with E-state index in [4.69, 9.17) is 0 Å². The Morgan fingerprint density at radius 1 is 1.29 bits per heavy atom. The second-order valence-electron chi connectivity index (χ2n) is 2.63. The Hall–Kier alpha value is -1.72. The molecule has 0 saturated carbocycles. The monoisotopic (exact) mass is 202 g/mol. The van der Waals surface area contributed by atoms with Crippen LogP contribution in [0.2, 0.25) is 0 Å². The Labute approximate surface area is 76.5 Å². The summed E-state index contributed by atoms with van der Waals surface area (Å²) in [5, 5.41) is 0. The van der Waals surface area contributed by atoms with Crippen LogP contribution in [-0.2, 0) is 0 Å². The lowest BCUT2D eigenvalue weighted by Gasteiger charge is -2.07. The molecule has 2 rings (SSSR count). The summed E-state index contributed by atoms with van der Waals surface area (Å²) < 4.78 is 39.2. The number of halogens is 3. The smallest absolute Gasteiger partial charge is 0.406 e. The third-order valence-electron chi connectivity index (χ3n) is 1.63. The number of H-pyrrole nitrogens is 1. The molecule has 3 nitrogen and oxygen atoms in total. The zero-order valence-corrected chi connectivity index (χ0v) is 6.80. The lowest BCUT2D eigenvalue weighted by Crippen LogP contribution is -2.16. The Balaban J connectivity index is 2.35. The van der Waals surface area contributed by atoms with E-state index in [9.17, 15) is 13.2 Å². The first-order chi connectivity index (χ1) is 6.54. The van der Waals surface area contributed by atoms with Crippen molar-refractivity contribution in [3.63, 3.8) is 0 Å². The number of hydrogen-bond donors (Lipinski definition) is 1. The lowest BCUT2D eigenvalue weighted by molar-refractivity contribution is -0.274. The fourth-order valence-corrected chi connectivity index (χ4v) is 1.11. The molecule has 0 aliphatic rings. The highest BCUT2D eigenvalue weighted by atomic mass is 19.4. The van der Waals surface area contributed by atoms with E-state index in [0.717, 1.165) is 0 Å². The first kappa shape index (κ1) is 8.86. The molecule has 0 saturated heterocycles. The van der Waals surface area contributed by atoms with E-state index < -0.39 is 6.36 Å². The van der Waals surface area contributed by atoms with E-state index in [1.54, 1.807) is 0 Å². The van der Waals surface area contributed by atoms with Gasteiger partial charge in [-0.25, -0.2) is 4.98 Å². The Morgan fingerprint density at radius 3 is 2.79 bits per heavy atom. The quantitative estimate of drug-likeness (QED) is 0.771. The molecule has 0 radical (unpaired) electrons. The van der Waals surface area contributed by atoms with Crippen LogP contribution in [0.4, 0.5) is 13.2 Å². The molecule has 0 fully saturated rings. The highest BCUT2D eigenvalue weighted by molar-refractivity contribution is 5.75. The van der Waals surface area contributed by atoms with Gasteiger partial charge in [-0.05, 0) is 12.1 Å². The van der Waals surface area contributed by atoms with Crippen molar-refractivity contribution in [2.45, 2.75) is 6.36 Å². The maximum absolute atomic E-state index is 11.8. The second kappa shape index (κ2) is 2.90. The van der Waals surface area contributed by atoms with Crippen molar-refractivity contribution in [2.24, 2.45) is 0 Å². The maximum Gasteiger partial charge on any atom is 0.573 e.